The van der Waals surface area contributed by atoms with Crippen LogP contribution in [0.4, 0.5) is 0 Å². The average Bonchev–Trinajstić information content (AvgIpc) is 3.60. The first-order valence-electron chi connectivity index (χ1n) is 19.1. The van der Waals surface area contributed by atoms with Gasteiger partial charge in [-0.3, -0.25) is 0 Å². The van der Waals surface area contributed by atoms with Gasteiger partial charge in [-0.05, 0) is 111 Å². The van der Waals surface area contributed by atoms with Gasteiger partial charge in [0.05, 0.1) is 0 Å². The van der Waals surface area contributed by atoms with Crippen LogP contribution >= 0.6 is 0 Å². The van der Waals surface area contributed by atoms with Crippen LogP contribution in [0.5, 0.6) is 0 Å². The molecule has 0 heterocycles. The van der Waals surface area contributed by atoms with E-state index in [1.165, 1.54) is 62.2 Å². The van der Waals surface area contributed by atoms with Crippen LogP contribution < -0.4 is 0 Å². The first kappa shape index (κ1) is 42.9. The second-order valence-corrected chi connectivity index (χ2v) is 27.6. The molecule has 0 N–H and O–H groups in total. The fourth-order valence-electron chi connectivity index (χ4n) is 9.12. The van der Waals surface area contributed by atoms with Crippen molar-refractivity contribution in [3.8, 4) is 0 Å². The predicted octanol–water partition coefficient (Wildman–Crippen LogP) is 13.0. The van der Waals surface area contributed by atoms with E-state index in [1.807, 2.05) is 0 Å². The predicted molar refractivity (Wildman–Crippen MR) is 213 cm³/mol. The number of rotatable bonds is 6. The summed E-state index contributed by atoms with van der Waals surface area (Å²) in [7, 11) is -2.21. The Morgan fingerprint density at radius 1 is 0.542 bits per heavy atom. The van der Waals surface area contributed by atoms with E-state index in [2.05, 4.69) is 155 Å². The molecule has 0 aromatic heterocycles. The Morgan fingerprint density at radius 2 is 0.896 bits per heavy atom. The summed E-state index contributed by atoms with van der Waals surface area (Å²) < 4.78 is 4.82. The van der Waals surface area contributed by atoms with Gasteiger partial charge in [0.25, 0.3) is 0 Å². The van der Waals surface area contributed by atoms with Gasteiger partial charge in [0.15, 0.2) is 0 Å². The number of fused-ring (bicyclic) bond motifs is 2. The first-order valence-corrected chi connectivity index (χ1v) is 26.0. The van der Waals surface area contributed by atoms with Crippen LogP contribution in [0.15, 0.2) is 48.6 Å². The van der Waals surface area contributed by atoms with E-state index in [4.69, 9.17) is 4.65 Å². The molecule has 0 aromatic rings. The Bertz CT molecular complexity index is 992. The zero-order valence-corrected chi connectivity index (χ0v) is 37.7. The molecule has 4 heteroatoms. The zero-order valence-electron chi connectivity index (χ0n) is 32.8. The molecule has 0 amide bonds. The third kappa shape index (κ3) is 12.3. The maximum absolute atomic E-state index is 4.82. The Labute approximate surface area is 328 Å². The molecule has 6 aliphatic rings. The molecule has 0 aromatic carbocycles. The van der Waals surface area contributed by atoms with E-state index in [0.717, 1.165) is 47.3 Å². The van der Waals surface area contributed by atoms with E-state index in [1.54, 1.807) is 11.8 Å². The van der Waals surface area contributed by atoms with Gasteiger partial charge in [-0.15, -0.1) is 0 Å². The average molecular weight is 756 g/mol. The minimum atomic E-state index is -1.11. The van der Waals surface area contributed by atoms with Crippen molar-refractivity contribution in [1.82, 2.24) is 0 Å². The van der Waals surface area contributed by atoms with Gasteiger partial charge in [-0.25, -0.2) is 0 Å². The minimum absolute atomic E-state index is 0. The molecule has 6 rings (SSSR count). The smallest absolute Gasteiger partial charge is 0.668 e. The van der Waals surface area contributed by atoms with Crippen LogP contribution in [0.2, 0.25) is 39.3 Å². The molecule has 48 heavy (non-hydrogen) atoms. The zero-order chi connectivity index (χ0) is 34.5. The molecule has 0 bridgehead atoms. The van der Waals surface area contributed by atoms with E-state index in [0.29, 0.717) is 0 Å². The third-order valence-corrected chi connectivity index (χ3v) is 16.3. The molecule has 0 aliphatic heterocycles. The van der Waals surface area contributed by atoms with Crippen molar-refractivity contribution in [2.75, 3.05) is 0 Å². The van der Waals surface area contributed by atoms with E-state index in [9.17, 15) is 0 Å². The third-order valence-electron chi connectivity index (χ3n) is 10.9. The van der Waals surface area contributed by atoms with Gasteiger partial charge < -0.3 is 4.65 Å². The molecular weight excluding hydrogens is 688 g/mol. The fraction of sp³-hybridized carbons (Fsp3) is 0.591. The number of nitrogens with zero attached hydrogens (tertiary/aromatic N) is 1. The van der Waals surface area contributed by atoms with Crippen molar-refractivity contribution in [3.05, 3.63) is 114 Å². The number of hydrogen-bond acceptors (Lipinski definition) is 0. The van der Waals surface area contributed by atoms with Gasteiger partial charge in [0.1, 0.15) is 0 Å². The summed E-state index contributed by atoms with van der Waals surface area (Å²) in [5, 5.41) is 0. The van der Waals surface area contributed by atoms with Crippen LogP contribution in [0, 0.1) is 109 Å². The van der Waals surface area contributed by atoms with Crippen molar-refractivity contribution in [3.63, 3.8) is 0 Å². The molecule has 6 atom stereocenters. The SMILES string of the molecule is CC(C)[C@@H]1CC[C@@H](C)C[C@@H]1[C]1[CH][CH][C]2C=CC=C[C]21.CC(C)[C@@H]1CC[C@@H](C)C[C@@H]1[C]1[CH][CH][C]2C=CC=C[C]21.C[Si](C)(C)[N-][Si](C)(C)C.[Y+3]. The van der Waals surface area contributed by atoms with Crippen LogP contribution in [-0.4, -0.2) is 16.5 Å². The van der Waals surface area contributed by atoms with Gasteiger partial charge in [0.2, 0.25) is 0 Å². The van der Waals surface area contributed by atoms with Crippen LogP contribution in [0.3, 0.4) is 0 Å². The largest absolute Gasteiger partial charge is 3.00 e. The van der Waals surface area contributed by atoms with Gasteiger partial charge in [-0.1, -0.05) is 159 Å². The first-order chi connectivity index (χ1) is 22.0. The molecule has 0 spiro atoms. The van der Waals surface area contributed by atoms with Crippen molar-refractivity contribution in [2.24, 2.45) is 47.3 Å². The topological polar surface area (TPSA) is 14.1 Å². The van der Waals surface area contributed by atoms with Crippen molar-refractivity contribution in [2.45, 2.75) is 119 Å². The van der Waals surface area contributed by atoms with Crippen molar-refractivity contribution >= 4 is 16.5 Å². The molecule has 4 saturated carbocycles. The standard InChI is InChI=1S/2C19H25.C6H18NSi2.Y/c2*1-13(2)16-10-8-14(3)12-19(16)18-11-9-15-6-4-5-7-17(15)18;1-8(2,3)7-9(4,5)6;/h2*4-7,9,11,13-14,16,19H,8,10,12H2,1-3H3;1-6H3;/q;;-1;+3/t2*14-,16+,19+;;/m11../s1. The van der Waals surface area contributed by atoms with E-state index >= 15 is 0 Å². The minimum Gasteiger partial charge on any atom is -0.668 e. The van der Waals surface area contributed by atoms with Crippen molar-refractivity contribution in [1.29, 1.82) is 0 Å². The van der Waals surface area contributed by atoms with Gasteiger partial charge >= 0.3 is 32.7 Å². The Hall–Kier alpha value is 0.458. The summed E-state index contributed by atoms with van der Waals surface area (Å²) in [6.45, 7) is 28.2. The normalized spacial score (nSPS) is 32.0. The van der Waals surface area contributed by atoms with Crippen LogP contribution in [0.1, 0.15) is 80.1 Å². The van der Waals surface area contributed by atoms with E-state index in [-0.39, 0.29) is 32.7 Å². The summed E-state index contributed by atoms with van der Waals surface area (Å²) in [6, 6.07) is 0. The maximum atomic E-state index is 4.82. The number of hydrogen-bond donors (Lipinski definition) is 0. The molecule has 4 fully saturated rings. The Balaban J connectivity index is 0.000000207. The van der Waals surface area contributed by atoms with Crippen LogP contribution in [-0.2, 0) is 32.7 Å². The number of allylic oxidation sites excluding steroid dienone is 8. The van der Waals surface area contributed by atoms with E-state index < -0.39 is 16.5 Å². The molecular formula is C44H68NSi2Y+2. The van der Waals surface area contributed by atoms with Crippen molar-refractivity contribution < 1.29 is 32.7 Å². The fourth-order valence-corrected chi connectivity index (χ4v) is 17.2. The quantitative estimate of drug-likeness (QED) is 0.240. The second-order valence-electron chi connectivity index (χ2n) is 18.1. The maximum Gasteiger partial charge on any atom is 3.00 e. The second kappa shape index (κ2) is 19.0. The molecule has 0 saturated heterocycles. The summed E-state index contributed by atoms with van der Waals surface area (Å²) >= 11 is 0. The van der Waals surface area contributed by atoms with Crippen LogP contribution in [0.25, 0.3) is 4.65 Å². The molecule has 258 valence electrons. The summed E-state index contributed by atoms with van der Waals surface area (Å²) in [6.07, 6.45) is 35.5. The van der Waals surface area contributed by atoms with Gasteiger partial charge in [0, 0.05) is 23.7 Å². The molecule has 1 nitrogen and oxygen atoms in total. The molecule has 6 aliphatic carbocycles. The Kier molecular flexibility index (Phi) is 17.0. The summed E-state index contributed by atoms with van der Waals surface area (Å²) in [5.74, 6) is 15.7. The van der Waals surface area contributed by atoms with Gasteiger partial charge in [-0.2, -0.15) is 0 Å². The molecule has 0 unspecified atom stereocenters. The monoisotopic (exact) mass is 755 g/mol. The summed E-state index contributed by atoms with van der Waals surface area (Å²) in [4.78, 5) is 0. The summed E-state index contributed by atoms with van der Waals surface area (Å²) in [5.41, 5.74) is 0. The molecule has 10 radical (unpaired) electrons. The Morgan fingerprint density at radius 3 is 1.21 bits per heavy atom.